The smallest absolute Gasteiger partial charge is 0.137 e. The first kappa shape index (κ1) is 13.5. The summed E-state index contributed by atoms with van der Waals surface area (Å²) >= 11 is 11.8. The molecule has 0 aliphatic carbocycles. The number of rotatable bonds is 6. The molecule has 1 rings (SSSR count). The average Bonchev–Trinajstić information content (AvgIpc) is 2.23. The van der Waals surface area contributed by atoms with Gasteiger partial charge >= 0.3 is 0 Å². The van der Waals surface area contributed by atoms with Crippen LogP contribution in [0, 0.1) is 0 Å². The first-order valence-electron chi connectivity index (χ1n) is 5.29. The van der Waals surface area contributed by atoms with Crippen LogP contribution in [0.5, 0.6) is 0 Å². The van der Waals surface area contributed by atoms with Crippen LogP contribution in [-0.2, 0) is 11.2 Å². The maximum atomic E-state index is 11.6. The fourth-order valence-electron chi connectivity index (χ4n) is 1.43. The summed E-state index contributed by atoms with van der Waals surface area (Å²) in [6.07, 6.45) is 2.68. The molecule has 2 nitrogen and oxygen atoms in total. The molecule has 0 aromatic heterocycles. The van der Waals surface area contributed by atoms with Crippen molar-refractivity contribution in [3.63, 3.8) is 0 Å². The summed E-state index contributed by atoms with van der Waals surface area (Å²) in [5.74, 6) is 0.192. The molecule has 0 bridgehead atoms. The molecule has 0 aliphatic rings. The van der Waals surface area contributed by atoms with Gasteiger partial charge in [0.05, 0.1) is 0 Å². The molecule has 88 valence electrons. The zero-order chi connectivity index (χ0) is 12.0. The molecule has 0 heterocycles. The quantitative estimate of drug-likeness (QED) is 0.798. The molecule has 0 radical (unpaired) electrons. The molecule has 1 aromatic rings. The van der Waals surface area contributed by atoms with E-state index in [-0.39, 0.29) is 5.78 Å². The van der Waals surface area contributed by atoms with Gasteiger partial charge in [-0.1, -0.05) is 29.3 Å². The van der Waals surface area contributed by atoms with Crippen LogP contribution < -0.4 is 5.73 Å². The molecule has 0 aliphatic heterocycles. The van der Waals surface area contributed by atoms with Gasteiger partial charge in [0, 0.05) is 22.9 Å². The lowest BCUT2D eigenvalue weighted by Gasteiger charge is -2.04. The molecule has 16 heavy (non-hydrogen) atoms. The highest BCUT2D eigenvalue weighted by molar-refractivity contribution is 6.35. The summed E-state index contributed by atoms with van der Waals surface area (Å²) < 4.78 is 0. The van der Waals surface area contributed by atoms with E-state index in [0.29, 0.717) is 29.4 Å². The molecule has 4 heteroatoms. The van der Waals surface area contributed by atoms with Crippen LogP contribution in [0.3, 0.4) is 0 Å². The van der Waals surface area contributed by atoms with Crippen LogP contribution in [0.1, 0.15) is 24.8 Å². The van der Waals surface area contributed by atoms with Crippen molar-refractivity contribution in [3.05, 3.63) is 33.8 Å². The predicted octanol–water partition coefficient (Wildman–Crippen LogP) is 3.23. The number of Topliss-reactive ketones (excluding diaryl/α,β-unsaturated/α-hetero) is 1. The Hall–Kier alpha value is -0.570. The summed E-state index contributed by atoms with van der Waals surface area (Å²) in [5, 5.41) is 1.14. The van der Waals surface area contributed by atoms with E-state index < -0.39 is 0 Å². The molecular formula is C12H15Cl2NO. The van der Waals surface area contributed by atoms with Gasteiger partial charge in [0.25, 0.3) is 0 Å². The number of hydrogen-bond donors (Lipinski definition) is 1. The first-order valence-corrected chi connectivity index (χ1v) is 6.04. The lowest BCUT2D eigenvalue weighted by Crippen LogP contribution is -2.05. The number of carbonyl (C=O) groups excluding carboxylic acids is 1. The molecule has 0 amide bonds. The average molecular weight is 260 g/mol. The number of nitrogens with two attached hydrogens (primary N) is 1. The molecule has 0 fully saturated rings. The summed E-state index contributed by atoms with van der Waals surface area (Å²) in [6, 6.07) is 5.20. The van der Waals surface area contributed by atoms with Crippen LogP contribution in [0.4, 0.5) is 0 Å². The van der Waals surface area contributed by atoms with E-state index in [1.165, 1.54) is 0 Å². The second-order valence-corrected chi connectivity index (χ2v) is 4.54. The molecule has 0 atom stereocenters. The lowest BCUT2D eigenvalue weighted by atomic mass is 10.0. The molecule has 0 saturated heterocycles. The highest BCUT2D eigenvalue weighted by Crippen LogP contribution is 2.21. The Morgan fingerprint density at radius 3 is 2.62 bits per heavy atom. The van der Waals surface area contributed by atoms with E-state index in [1.54, 1.807) is 18.2 Å². The predicted molar refractivity (Wildman–Crippen MR) is 68.1 cm³/mol. The Morgan fingerprint density at radius 2 is 2.00 bits per heavy atom. The number of carbonyl (C=O) groups is 1. The van der Waals surface area contributed by atoms with Crippen molar-refractivity contribution in [1.29, 1.82) is 0 Å². The largest absolute Gasteiger partial charge is 0.330 e. The van der Waals surface area contributed by atoms with Gasteiger partial charge in [0.1, 0.15) is 5.78 Å². The van der Waals surface area contributed by atoms with Gasteiger partial charge in [-0.05, 0) is 37.1 Å². The first-order chi connectivity index (χ1) is 7.63. The third-order valence-corrected chi connectivity index (χ3v) is 2.90. The van der Waals surface area contributed by atoms with Crippen molar-refractivity contribution in [2.45, 2.75) is 25.7 Å². The zero-order valence-electron chi connectivity index (χ0n) is 9.01. The number of unbranched alkanes of at least 4 members (excludes halogenated alkanes) is 1. The van der Waals surface area contributed by atoms with Gasteiger partial charge in [-0.3, -0.25) is 4.79 Å². The van der Waals surface area contributed by atoms with E-state index in [9.17, 15) is 4.79 Å². The lowest BCUT2D eigenvalue weighted by molar-refractivity contribution is -0.118. The summed E-state index contributed by atoms with van der Waals surface area (Å²) in [5.41, 5.74) is 6.20. The Bertz CT molecular complexity index is 366. The normalized spacial score (nSPS) is 10.4. The molecule has 0 saturated carbocycles. The van der Waals surface area contributed by atoms with Gasteiger partial charge < -0.3 is 5.73 Å². The number of hydrogen-bond acceptors (Lipinski definition) is 2. The topological polar surface area (TPSA) is 43.1 Å². The minimum atomic E-state index is 0.192. The molecule has 0 spiro atoms. The maximum absolute atomic E-state index is 11.6. The van der Waals surface area contributed by atoms with Gasteiger partial charge in [-0.15, -0.1) is 0 Å². The van der Waals surface area contributed by atoms with E-state index in [2.05, 4.69) is 0 Å². The Labute approximate surface area is 106 Å². The number of benzene rings is 1. The van der Waals surface area contributed by atoms with Crippen LogP contribution in [0.2, 0.25) is 10.0 Å². The number of halogens is 2. The third kappa shape index (κ3) is 4.52. The second kappa shape index (κ2) is 6.89. The van der Waals surface area contributed by atoms with E-state index >= 15 is 0 Å². The molecule has 1 aromatic carbocycles. The maximum Gasteiger partial charge on any atom is 0.137 e. The van der Waals surface area contributed by atoms with Crippen LogP contribution in [0.25, 0.3) is 0 Å². The van der Waals surface area contributed by atoms with E-state index in [4.69, 9.17) is 28.9 Å². The Balaban J connectivity index is 2.49. The van der Waals surface area contributed by atoms with Gasteiger partial charge in [-0.25, -0.2) is 0 Å². The van der Waals surface area contributed by atoms with Gasteiger partial charge in [0.15, 0.2) is 0 Å². The molecule has 0 unspecified atom stereocenters. The van der Waals surface area contributed by atoms with Crippen molar-refractivity contribution in [3.8, 4) is 0 Å². The van der Waals surface area contributed by atoms with Crippen molar-refractivity contribution < 1.29 is 4.79 Å². The fraction of sp³-hybridized carbons (Fsp3) is 0.417. The standard InChI is InChI=1S/C12H15Cl2NO/c13-10-5-4-9(12(14)8-10)7-11(16)3-1-2-6-15/h4-5,8H,1-3,6-7,15H2. The Morgan fingerprint density at radius 1 is 1.25 bits per heavy atom. The zero-order valence-corrected chi connectivity index (χ0v) is 10.5. The van der Waals surface area contributed by atoms with Crippen molar-refractivity contribution in [2.75, 3.05) is 6.54 Å². The van der Waals surface area contributed by atoms with Crippen molar-refractivity contribution in [1.82, 2.24) is 0 Å². The second-order valence-electron chi connectivity index (χ2n) is 3.70. The fourth-order valence-corrected chi connectivity index (χ4v) is 1.91. The van der Waals surface area contributed by atoms with Crippen LogP contribution in [0.15, 0.2) is 18.2 Å². The molecule has 2 N–H and O–H groups in total. The Kier molecular flexibility index (Phi) is 5.81. The highest BCUT2D eigenvalue weighted by atomic mass is 35.5. The third-order valence-electron chi connectivity index (χ3n) is 2.31. The minimum Gasteiger partial charge on any atom is -0.330 e. The van der Waals surface area contributed by atoms with Gasteiger partial charge in [-0.2, -0.15) is 0 Å². The van der Waals surface area contributed by atoms with Crippen molar-refractivity contribution in [2.24, 2.45) is 5.73 Å². The highest BCUT2D eigenvalue weighted by Gasteiger charge is 2.07. The summed E-state index contributed by atoms with van der Waals surface area (Å²) in [7, 11) is 0. The minimum absolute atomic E-state index is 0.192. The van der Waals surface area contributed by atoms with E-state index in [0.717, 1.165) is 18.4 Å². The van der Waals surface area contributed by atoms with Gasteiger partial charge in [0.2, 0.25) is 0 Å². The van der Waals surface area contributed by atoms with Crippen LogP contribution in [-0.4, -0.2) is 12.3 Å². The SMILES string of the molecule is NCCCCC(=O)Cc1ccc(Cl)cc1Cl. The van der Waals surface area contributed by atoms with Crippen molar-refractivity contribution >= 4 is 29.0 Å². The monoisotopic (exact) mass is 259 g/mol. The molecular weight excluding hydrogens is 245 g/mol. The summed E-state index contributed by atoms with van der Waals surface area (Å²) in [4.78, 5) is 11.6. The van der Waals surface area contributed by atoms with E-state index in [1.807, 2.05) is 0 Å². The number of ketones is 1. The van der Waals surface area contributed by atoms with Crippen LogP contribution >= 0.6 is 23.2 Å². The summed E-state index contributed by atoms with van der Waals surface area (Å²) in [6.45, 7) is 0.634.